The van der Waals surface area contributed by atoms with Crippen molar-refractivity contribution in [3.05, 3.63) is 28.8 Å². The first-order chi connectivity index (χ1) is 9.56. The fourth-order valence-corrected chi connectivity index (χ4v) is 2.91. The molecular weight excluding hydrogens is 314 g/mol. The van der Waals surface area contributed by atoms with E-state index in [0.29, 0.717) is 16.3 Å². The fraction of sp³-hybridized carbons (Fsp3) is 0.571. The fourth-order valence-electron chi connectivity index (χ4n) is 2.12. The third kappa shape index (κ3) is 3.69. The molecule has 0 heterocycles. The maximum Gasteiger partial charge on any atom is 0.155 e. The quantitative estimate of drug-likeness (QED) is 0.823. The van der Waals surface area contributed by atoms with Gasteiger partial charge in [-0.3, -0.25) is 0 Å². The first-order valence-electron chi connectivity index (χ1n) is 6.47. The molecule has 0 fully saturated rings. The number of benzene rings is 1. The summed E-state index contributed by atoms with van der Waals surface area (Å²) < 4.78 is 27.7. The van der Waals surface area contributed by atoms with E-state index in [1.165, 1.54) is 21.0 Å². The van der Waals surface area contributed by atoms with Crippen LogP contribution in [0.5, 0.6) is 5.75 Å². The molecule has 0 aliphatic rings. The van der Waals surface area contributed by atoms with Crippen molar-refractivity contribution < 1.29 is 18.3 Å². The Hall–Kier alpha value is -0.820. The first kappa shape index (κ1) is 18.2. The van der Waals surface area contributed by atoms with Crippen molar-refractivity contribution in [2.75, 3.05) is 19.9 Å². The molecule has 21 heavy (non-hydrogen) atoms. The number of hydrogen-bond donors (Lipinski definition) is 2. The summed E-state index contributed by atoms with van der Waals surface area (Å²) in [5, 5.41) is 11.0. The number of halogens is 1. The van der Waals surface area contributed by atoms with E-state index in [0.717, 1.165) is 6.26 Å². The molecule has 0 spiro atoms. The van der Waals surface area contributed by atoms with Gasteiger partial charge in [-0.25, -0.2) is 8.42 Å². The number of aliphatic hydroxyl groups excluding tert-OH is 1. The molecule has 0 aliphatic carbocycles. The summed E-state index contributed by atoms with van der Waals surface area (Å²) in [6, 6.07) is 4.96. The molecule has 0 saturated carbocycles. The lowest BCUT2D eigenvalue weighted by molar-refractivity contribution is 0.109. The van der Waals surface area contributed by atoms with Gasteiger partial charge < -0.3 is 15.6 Å². The van der Waals surface area contributed by atoms with E-state index in [2.05, 4.69) is 0 Å². The molecule has 7 heteroatoms. The first-order valence-corrected chi connectivity index (χ1v) is 8.74. The maximum atomic E-state index is 11.9. The molecule has 1 aromatic rings. The molecule has 2 unspecified atom stereocenters. The van der Waals surface area contributed by atoms with E-state index in [4.69, 9.17) is 22.1 Å². The number of sulfone groups is 1. The van der Waals surface area contributed by atoms with Gasteiger partial charge in [-0.1, -0.05) is 11.6 Å². The Morgan fingerprint density at radius 1 is 1.43 bits per heavy atom. The zero-order valence-electron chi connectivity index (χ0n) is 12.6. The van der Waals surface area contributed by atoms with Crippen LogP contribution in [0.4, 0.5) is 0 Å². The average molecular weight is 336 g/mol. The van der Waals surface area contributed by atoms with Gasteiger partial charge in [-0.15, -0.1) is 0 Å². The van der Waals surface area contributed by atoms with Crippen LogP contribution in [-0.2, 0) is 9.84 Å². The Balaban J connectivity index is 3.35. The standard InChI is InChI=1S/C14H22ClNO4S/c1-14(2,21(4,18)19)13(17)11(8-16)10-7-9(15)5-6-12(10)20-3/h5-7,11,13,17H,8,16H2,1-4H3. The van der Waals surface area contributed by atoms with Crippen LogP contribution in [0.25, 0.3) is 0 Å². The molecule has 0 amide bonds. The van der Waals surface area contributed by atoms with E-state index < -0.39 is 26.6 Å². The molecule has 3 N–H and O–H groups in total. The number of methoxy groups -OCH3 is 1. The van der Waals surface area contributed by atoms with Gasteiger partial charge in [0.2, 0.25) is 0 Å². The van der Waals surface area contributed by atoms with Gasteiger partial charge >= 0.3 is 0 Å². The van der Waals surface area contributed by atoms with Crippen molar-refractivity contribution in [1.82, 2.24) is 0 Å². The lowest BCUT2D eigenvalue weighted by atomic mass is 9.86. The molecule has 0 saturated heterocycles. The second-order valence-corrected chi connectivity index (χ2v) is 8.58. The van der Waals surface area contributed by atoms with Crippen LogP contribution in [0.1, 0.15) is 25.3 Å². The highest BCUT2D eigenvalue weighted by Gasteiger charge is 2.43. The van der Waals surface area contributed by atoms with Crippen molar-refractivity contribution in [1.29, 1.82) is 0 Å². The van der Waals surface area contributed by atoms with E-state index in [9.17, 15) is 13.5 Å². The summed E-state index contributed by atoms with van der Waals surface area (Å²) in [5.41, 5.74) is 6.36. The highest BCUT2D eigenvalue weighted by atomic mass is 35.5. The van der Waals surface area contributed by atoms with Crippen molar-refractivity contribution in [3.8, 4) is 5.75 Å². The van der Waals surface area contributed by atoms with Gasteiger partial charge in [0.1, 0.15) is 5.75 Å². The topological polar surface area (TPSA) is 89.6 Å². The van der Waals surface area contributed by atoms with Crippen LogP contribution in [0.15, 0.2) is 18.2 Å². The maximum absolute atomic E-state index is 11.9. The number of hydrogen-bond acceptors (Lipinski definition) is 5. The second kappa shape index (κ2) is 6.52. The lowest BCUT2D eigenvalue weighted by Crippen LogP contribution is -2.48. The summed E-state index contributed by atoms with van der Waals surface area (Å²) in [7, 11) is -1.98. The largest absolute Gasteiger partial charge is 0.496 e. The van der Waals surface area contributed by atoms with Gasteiger partial charge in [0, 0.05) is 29.3 Å². The van der Waals surface area contributed by atoms with Gasteiger partial charge in [0.15, 0.2) is 9.84 Å². The van der Waals surface area contributed by atoms with Crippen molar-refractivity contribution in [2.45, 2.75) is 30.6 Å². The van der Waals surface area contributed by atoms with Crippen molar-refractivity contribution >= 4 is 21.4 Å². The summed E-state index contributed by atoms with van der Waals surface area (Å²) in [6.45, 7) is 3.02. The zero-order chi connectivity index (χ0) is 16.4. The predicted molar refractivity (Wildman–Crippen MR) is 84.7 cm³/mol. The average Bonchev–Trinajstić information content (AvgIpc) is 2.38. The number of nitrogens with two attached hydrogens (primary N) is 1. The molecule has 120 valence electrons. The zero-order valence-corrected chi connectivity index (χ0v) is 14.2. The van der Waals surface area contributed by atoms with Crippen LogP contribution in [0, 0.1) is 0 Å². The molecule has 0 radical (unpaired) electrons. The number of aliphatic hydroxyl groups is 1. The van der Waals surface area contributed by atoms with Crippen LogP contribution in [0.3, 0.4) is 0 Å². The third-order valence-corrected chi connectivity index (χ3v) is 6.28. The van der Waals surface area contributed by atoms with Gasteiger partial charge in [-0.05, 0) is 32.0 Å². The Labute approximate surface area is 131 Å². The summed E-state index contributed by atoms with van der Waals surface area (Å²) in [6.07, 6.45) is -0.0937. The summed E-state index contributed by atoms with van der Waals surface area (Å²) in [4.78, 5) is 0. The summed E-state index contributed by atoms with van der Waals surface area (Å²) in [5.74, 6) is -0.0958. The smallest absolute Gasteiger partial charge is 0.155 e. The van der Waals surface area contributed by atoms with Crippen molar-refractivity contribution in [3.63, 3.8) is 0 Å². The molecule has 2 atom stereocenters. The molecule has 5 nitrogen and oxygen atoms in total. The van der Waals surface area contributed by atoms with Crippen LogP contribution >= 0.6 is 11.6 Å². The SMILES string of the molecule is COc1ccc(Cl)cc1C(CN)C(O)C(C)(C)S(C)(=O)=O. The van der Waals surface area contributed by atoms with Gasteiger partial charge in [0.25, 0.3) is 0 Å². The number of rotatable bonds is 6. The lowest BCUT2D eigenvalue weighted by Gasteiger charge is -2.34. The third-order valence-electron chi connectivity index (χ3n) is 3.89. The van der Waals surface area contributed by atoms with Crippen LogP contribution < -0.4 is 10.5 Å². The molecule has 1 rings (SSSR count). The van der Waals surface area contributed by atoms with Crippen LogP contribution in [0.2, 0.25) is 5.02 Å². The molecule has 0 aromatic heterocycles. The Bertz CT molecular complexity index is 601. The molecular formula is C14H22ClNO4S. The minimum atomic E-state index is -3.47. The van der Waals surface area contributed by atoms with Crippen LogP contribution in [-0.4, -0.2) is 44.3 Å². The van der Waals surface area contributed by atoms with Crippen molar-refractivity contribution in [2.24, 2.45) is 5.73 Å². The van der Waals surface area contributed by atoms with E-state index >= 15 is 0 Å². The Morgan fingerprint density at radius 2 is 2.00 bits per heavy atom. The van der Waals surface area contributed by atoms with E-state index in [-0.39, 0.29) is 6.54 Å². The Morgan fingerprint density at radius 3 is 2.43 bits per heavy atom. The highest BCUT2D eigenvalue weighted by molar-refractivity contribution is 7.92. The molecule has 1 aromatic carbocycles. The number of ether oxygens (including phenoxy) is 1. The molecule has 0 bridgehead atoms. The monoisotopic (exact) mass is 335 g/mol. The minimum Gasteiger partial charge on any atom is -0.496 e. The van der Waals surface area contributed by atoms with Gasteiger partial charge in [-0.2, -0.15) is 0 Å². The van der Waals surface area contributed by atoms with E-state index in [1.807, 2.05) is 0 Å². The van der Waals surface area contributed by atoms with E-state index in [1.54, 1.807) is 18.2 Å². The molecule has 0 aliphatic heterocycles. The highest BCUT2D eigenvalue weighted by Crippen LogP contribution is 2.36. The normalized spacial score (nSPS) is 15.6. The predicted octanol–water partition coefficient (Wildman–Crippen LogP) is 1.58. The summed E-state index contributed by atoms with van der Waals surface area (Å²) >= 11 is 5.99. The second-order valence-electron chi connectivity index (χ2n) is 5.55. The Kier molecular flexibility index (Phi) is 5.66. The van der Waals surface area contributed by atoms with Gasteiger partial charge in [0.05, 0.1) is 18.0 Å². The minimum absolute atomic E-state index is 0.0663.